The maximum atomic E-state index is 13.5. The molecule has 2 aromatic carbocycles. The average Bonchev–Trinajstić information content (AvgIpc) is 2.66. The van der Waals surface area contributed by atoms with Crippen LogP contribution in [0.4, 0.5) is 4.39 Å². The molecule has 140 valence electrons. The lowest BCUT2D eigenvalue weighted by molar-refractivity contribution is -0.145. The Morgan fingerprint density at radius 3 is 2.85 bits per heavy atom. The molecule has 0 bridgehead atoms. The molecule has 0 unspecified atom stereocenters. The number of hydrogen-bond acceptors (Lipinski definition) is 4. The lowest BCUT2D eigenvalue weighted by Crippen LogP contribution is -2.29. The molecule has 0 fully saturated rings. The second kappa shape index (κ2) is 8.22. The summed E-state index contributed by atoms with van der Waals surface area (Å²) in [5.74, 6) is -0.834. The molecule has 27 heavy (non-hydrogen) atoms. The van der Waals surface area contributed by atoms with Gasteiger partial charge >= 0.3 is 5.97 Å². The van der Waals surface area contributed by atoms with Gasteiger partial charge < -0.3 is 14.8 Å². The first-order chi connectivity index (χ1) is 12.9. The molecule has 0 saturated heterocycles. The highest BCUT2D eigenvalue weighted by molar-refractivity contribution is 6.30. The van der Waals surface area contributed by atoms with Crippen LogP contribution in [-0.2, 0) is 20.9 Å². The van der Waals surface area contributed by atoms with Crippen LogP contribution in [0.2, 0.25) is 5.02 Å². The molecule has 5 nitrogen and oxygen atoms in total. The number of benzene rings is 2. The molecule has 3 rings (SSSR count). The number of amides is 1. The normalized spacial score (nSPS) is 12.5. The van der Waals surface area contributed by atoms with E-state index < -0.39 is 18.5 Å². The van der Waals surface area contributed by atoms with Gasteiger partial charge in [0, 0.05) is 17.1 Å². The first-order valence-electron chi connectivity index (χ1n) is 8.24. The van der Waals surface area contributed by atoms with E-state index in [1.54, 1.807) is 43.3 Å². The van der Waals surface area contributed by atoms with Crippen LogP contribution in [0.15, 0.2) is 42.0 Å². The van der Waals surface area contributed by atoms with Crippen LogP contribution in [0.3, 0.4) is 0 Å². The molecular formula is C20H17ClFNO4. The maximum Gasteiger partial charge on any atom is 0.338 e. The minimum absolute atomic E-state index is 0.0533. The second-order valence-electron chi connectivity index (χ2n) is 6.08. The van der Waals surface area contributed by atoms with Crippen LogP contribution in [0.25, 0.3) is 6.08 Å². The van der Waals surface area contributed by atoms with E-state index in [4.69, 9.17) is 21.1 Å². The van der Waals surface area contributed by atoms with E-state index >= 15 is 0 Å². The van der Waals surface area contributed by atoms with Crippen molar-refractivity contribution in [1.29, 1.82) is 0 Å². The second-order valence-corrected chi connectivity index (χ2v) is 6.51. The van der Waals surface area contributed by atoms with Gasteiger partial charge in [0.25, 0.3) is 5.91 Å². The van der Waals surface area contributed by atoms with Crippen LogP contribution in [-0.4, -0.2) is 25.1 Å². The quantitative estimate of drug-likeness (QED) is 0.796. The average molecular weight is 390 g/mol. The highest BCUT2D eigenvalue weighted by Gasteiger charge is 2.19. The molecule has 0 spiro atoms. The molecular weight excluding hydrogens is 373 g/mol. The van der Waals surface area contributed by atoms with Gasteiger partial charge in [-0.15, -0.1) is 0 Å². The molecule has 0 aromatic heterocycles. The van der Waals surface area contributed by atoms with E-state index in [1.165, 1.54) is 6.07 Å². The predicted octanol–water partition coefficient (Wildman–Crippen LogP) is 3.42. The van der Waals surface area contributed by atoms with Crippen molar-refractivity contribution in [2.75, 3.05) is 13.2 Å². The summed E-state index contributed by atoms with van der Waals surface area (Å²) in [4.78, 5) is 24.0. The number of carbonyl (C=O) groups excluding carboxylic acids is 2. The highest BCUT2D eigenvalue weighted by atomic mass is 35.5. The monoisotopic (exact) mass is 389 g/mol. The lowest BCUT2D eigenvalue weighted by atomic mass is 10.1. The molecule has 0 radical (unpaired) electrons. The summed E-state index contributed by atoms with van der Waals surface area (Å²) in [6, 6.07) is 9.80. The van der Waals surface area contributed by atoms with E-state index in [0.29, 0.717) is 27.5 Å². The van der Waals surface area contributed by atoms with Crippen molar-refractivity contribution < 1.29 is 23.5 Å². The fourth-order valence-electron chi connectivity index (χ4n) is 2.49. The minimum Gasteiger partial charge on any atom is -0.488 e. The summed E-state index contributed by atoms with van der Waals surface area (Å²) in [5, 5.41) is 3.10. The van der Waals surface area contributed by atoms with Gasteiger partial charge in [-0.25, -0.2) is 9.18 Å². The van der Waals surface area contributed by atoms with Crippen molar-refractivity contribution >= 4 is 29.6 Å². The van der Waals surface area contributed by atoms with E-state index in [2.05, 4.69) is 5.32 Å². The van der Waals surface area contributed by atoms with E-state index in [-0.39, 0.29) is 24.5 Å². The van der Waals surface area contributed by atoms with Crippen LogP contribution in [0, 0.1) is 12.7 Å². The van der Waals surface area contributed by atoms with E-state index in [0.717, 1.165) is 0 Å². The number of fused-ring (bicyclic) bond motifs is 1. The summed E-state index contributed by atoms with van der Waals surface area (Å²) in [6.45, 7) is 1.42. The molecule has 0 atom stereocenters. The number of nitrogens with one attached hydrogen (secondary N) is 1. The van der Waals surface area contributed by atoms with Gasteiger partial charge in [-0.1, -0.05) is 23.7 Å². The Morgan fingerprint density at radius 1 is 1.26 bits per heavy atom. The first-order valence-corrected chi connectivity index (χ1v) is 8.62. The Morgan fingerprint density at radius 2 is 2.07 bits per heavy atom. The third kappa shape index (κ3) is 4.86. The van der Waals surface area contributed by atoms with Gasteiger partial charge in [0.1, 0.15) is 18.2 Å². The summed E-state index contributed by atoms with van der Waals surface area (Å²) in [7, 11) is 0. The summed E-state index contributed by atoms with van der Waals surface area (Å²) in [5.41, 5.74) is 2.12. The number of ether oxygens (including phenoxy) is 2. The molecule has 1 N–H and O–H groups in total. The van der Waals surface area contributed by atoms with Crippen molar-refractivity contribution in [3.05, 3.63) is 69.5 Å². The zero-order chi connectivity index (χ0) is 19.4. The molecule has 1 aliphatic heterocycles. The molecule has 1 heterocycles. The van der Waals surface area contributed by atoms with Crippen molar-refractivity contribution in [2.24, 2.45) is 0 Å². The fourth-order valence-corrected chi connectivity index (χ4v) is 2.67. The molecule has 7 heteroatoms. The first kappa shape index (κ1) is 18.9. The molecule has 2 aromatic rings. The van der Waals surface area contributed by atoms with Gasteiger partial charge in [-0.2, -0.15) is 0 Å². The molecule has 0 saturated carbocycles. The standard InChI is InChI=1S/C20H17ClFNO4/c1-12-2-3-13(6-17(12)22)9-23-19(24)11-27-20(25)15-7-14-8-16(21)4-5-18(14)26-10-15/h2-8H,9-11H2,1H3,(H,23,24). The fraction of sp³-hybridized carbons (Fsp3) is 0.200. The van der Waals surface area contributed by atoms with Crippen molar-refractivity contribution in [3.8, 4) is 5.75 Å². The van der Waals surface area contributed by atoms with Gasteiger partial charge in [0.05, 0.1) is 5.57 Å². The predicted molar refractivity (Wildman–Crippen MR) is 98.9 cm³/mol. The summed E-state index contributed by atoms with van der Waals surface area (Å²) < 4.78 is 24.0. The van der Waals surface area contributed by atoms with Gasteiger partial charge in [-0.05, 0) is 48.4 Å². The molecule has 1 amide bonds. The topological polar surface area (TPSA) is 64.6 Å². The number of rotatable bonds is 5. The number of hydrogen-bond donors (Lipinski definition) is 1. The SMILES string of the molecule is Cc1ccc(CNC(=O)COC(=O)C2=Cc3cc(Cl)ccc3OC2)cc1F. The Balaban J connectivity index is 1.51. The zero-order valence-electron chi connectivity index (χ0n) is 14.6. The van der Waals surface area contributed by atoms with Gasteiger partial charge in [-0.3, -0.25) is 4.79 Å². The maximum absolute atomic E-state index is 13.5. The van der Waals surface area contributed by atoms with E-state index in [9.17, 15) is 14.0 Å². The number of esters is 1. The highest BCUT2D eigenvalue weighted by Crippen LogP contribution is 2.29. The zero-order valence-corrected chi connectivity index (χ0v) is 15.3. The van der Waals surface area contributed by atoms with Crippen molar-refractivity contribution in [1.82, 2.24) is 5.32 Å². The van der Waals surface area contributed by atoms with Crippen LogP contribution >= 0.6 is 11.6 Å². The van der Waals surface area contributed by atoms with Gasteiger partial charge in [0.15, 0.2) is 6.61 Å². The minimum atomic E-state index is -0.642. The van der Waals surface area contributed by atoms with Crippen LogP contribution in [0.5, 0.6) is 5.75 Å². The largest absolute Gasteiger partial charge is 0.488 e. The van der Waals surface area contributed by atoms with Gasteiger partial charge in [0.2, 0.25) is 0 Å². The Bertz CT molecular complexity index is 926. The summed E-state index contributed by atoms with van der Waals surface area (Å²) in [6.07, 6.45) is 1.63. The molecule has 1 aliphatic rings. The molecule has 0 aliphatic carbocycles. The third-order valence-electron chi connectivity index (χ3n) is 4.01. The smallest absolute Gasteiger partial charge is 0.338 e. The lowest BCUT2D eigenvalue weighted by Gasteiger charge is -2.17. The van der Waals surface area contributed by atoms with Crippen LogP contribution < -0.4 is 10.1 Å². The third-order valence-corrected chi connectivity index (χ3v) is 4.24. The van der Waals surface area contributed by atoms with Crippen LogP contribution in [0.1, 0.15) is 16.7 Å². The summed E-state index contributed by atoms with van der Waals surface area (Å²) >= 11 is 5.93. The van der Waals surface area contributed by atoms with Crippen molar-refractivity contribution in [2.45, 2.75) is 13.5 Å². The number of carbonyl (C=O) groups is 2. The number of halogens is 2. The van der Waals surface area contributed by atoms with E-state index in [1.807, 2.05) is 0 Å². The Labute approximate surface area is 160 Å². The Kier molecular flexibility index (Phi) is 5.76. The Hall–Kier alpha value is -2.86. The number of aryl methyl sites for hydroxylation is 1. The van der Waals surface area contributed by atoms with Crippen molar-refractivity contribution in [3.63, 3.8) is 0 Å².